The van der Waals surface area contributed by atoms with Crippen molar-refractivity contribution in [2.24, 2.45) is 0 Å². The number of nitrogens with zero attached hydrogens (tertiary/aromatic N) is 2. The third kappa shape index (κ3) is 2.71. The molecule has 0 bridgehead atoms. The minimum absolute atomic E-state index is 0.0404. The molecule has 0 aliphatic carbocycles. The predicted octanol–water partition coefficient (Wildman–Crippen LogP) is -0.0902. The summed E-state index contributed by atoms with van der Waals surface area (Å²) in [4.78, 5) is 12.9. The van der Waals surface area contributed by atoms with E-state index < -0.39 is 0 Å². The van der Waals surface area contributed by atoms with Crippen molar-refractivity contribution in [2.45, 2.75) is 0 Å². The topological polar surface area (TPSA) is 61.0 Å². The average molecular weight is 168 g/mol. The molecule has 0 aromatic carbocycles. The number of hydrogen-bond acceptors (Lipinski definition) is 3. The first-order valence-electron chi connectivity index (χ1n) is 3.62. The summed E-state index contributed by atoms with van der Waals surface area (Å²) < 4.78 is 0. The average Bonchev–Trinajstić information content (AvgIpc) is 2.37. The van der Waals surface area contributed by atoms with Crippen LogP contribution in [0.1, 0.15) is 0 Å². The van der Waals surface area contributed by atoms with E-state index in [0.29, 0.717) is 12.2 Å². The second-order valence-corrected chi connectivity index (χ2v) is 2.77. The van der Waals surface area contributed by atoms with Gasteiger partial charge in [0.1, 0.15) is 0 Å². The maximum atomic E-state index is 11.1. The molecular weight excluding hydrogens is 156 g/mol. The lowest BCUT2D eigenvalue weighted by atomic mass is 10.5. The SMILES string of the molecule is CN(C)CC(=O)Nc1cn[nH]c1. The summed E-state index contributed by atoms with van der Waals surface area (Å²) in [6.45, 7) is 0.380. The molecule has 0 aliphatic rings. The molecule has 0 saturated heterocycles. The van der Waals surface area contributed by atoms with Crippen LogP contribution in [0, 0.1) is 0 Å². The molecule has 0 spiro atoms. The maximum Gasteiger partial charge on any atom is 0.238 e. The quantitative estimate of drug-likeness (QED) is 0.663. The number of hydrogen-bond donors (Lipinski definition) is 2. The Labute approximate surface area is 70.8 Å². The smallest absolute Gasteiger partial charge is 0.238 e. The number of nitrogens with one attached hydrogen (secondary N) is 2. The Kier molecular flexibility index (Phi) is 2.82. The van der Waals surface area contributed by atoms with Gasteiger partial charge < -0.3 is 10.2 Å². The van der Waals surface area contributed by atoms with E-state index in [1.54, 1.807) is 17.3 Å². The van der Waals surface area contributed by atoms with E-state index in [1.165, 1.54) is 0 Å². The first-order chi connectivity index (χ1) is 5.68. The summed E-state index contributed by atoms with van der Waals surface area (Å²) in [7, 11) is 3.68. The standard InChI is InChI=1S/C7H12N4O/c1-11(2)5-7(12)10-6-3-8-9-4-6/h3-4H,5H2,1-2H3,(H,8,9)(H,10,12). The largest absolute Gasteiger partial charge is 0.322 e. The van der Waals surface area contributed by atoms with Crippen LogP contribution in [0.2, 0.25) is 0 Å². The maximum absolute atomic E-state index is 11.1. The van der Waals surface area contributed by atoms with Crippen molar-refractivity contribution in [3.63, 3.8) is 0 Å². The Morgan fingerprint density at radius 3 is 3.00 bits per heavy atom. The zero-order valence-electron chi connectivity index (χ0n) is 7.16. The van der Waals surface area contributed by atoms with E-state index >= 15 is 0 Å². The molecule has 1 heterocycles. The van der Waals surface area contributed by atoms with Crippen molar-refractivity contribution in [2.75, 3.05) is 26.0 Å². The third-order valence-corrected chi connectivity index (χ3v) is 1.24. The molecule has 0 aliphatic heterocycles. The monoisotopic (exact) mass is 168 g/mol. The summed E-state index contributed by atoms with van der Waals surface area (Å²) in [5.41, 5.74) is 0.696. The molecule has 1 aromatic rings. The van der Waals surface area contributed by atoms with Gasteiger partial charge in [-0.1, -0.05) is 0 Å². The lowest BCUT2D eigenvalue weighted by Gasteiger charge is -2.07. The van der Waals surface area contributed by atoms with Gasteiger partial charge >= 0.3 is 0 Å². The van der Waals surface area contributed by atoms with E-state index in [0.717, 1.165) is 0 Å². The van der Waals surface area contributed by atoms with Crippen molar-refractivity contribution >= 4 is 11.6 Å². The summed E-state index contributed by atoms with van der Waals surface area (Å²) in [5.74, 6) is -0.0404. The van der Waals surface area contributed by atoms with E-state index in [-0.39, 0.29) is 5.91 Å². The van der Waals surface area contributed by atoms with Gasteiger partial charge in [0.2, 0.25) is 5.91 Å². The van der Waals surface area contributed by atoms with Crippen LogP contribution in [0.4, 0.5) is 5.69 Å². The number of carbonyl (C=O) groups excluding carboxylic acids is 1. The van der Waals surface area contributed by atoms with Gasteiger partial charge in [0.05, 0.1) is 18.4 Å². The van der Waals surface area contributed by atoms with Gasteiger partial charge in [-0.15, -0.1) is 0 Å². The van der Waals surface area contributed by atoms with E-state index in [4.69, 9.17) is 0 Å². The normalized spacial score (nSPS) is 10.2. The van der Waals surface area contributed by atoms with Gasteiger partial charge in [-0.25, -0.2) is 0 Å². The molecule has 0 fully saturated rings. The Hall–Kier alpha value is -1.36. The fourth-order valence-corrected chi connectivity index (χ4v) is 0.807. The third-order valence-electron chi connectivity index (χ3n) is 1.24. The number of amides is 1. The lowest BCUT2D eigenvalue weighted by molar-refractivity contribution is -0.116. The van der Waals surface area contributed by atoms with Crippen LogP contribution < -0.4 is 5.32 Å². The lowest BCUT2D eigenvalue weighted by Crippen LogP contribution is -2.26. The van der Waals surface area contributed by atoms with Gasteiger partial charge in [0, 0.05) is 6.20 Å². The van der Waals surface area contributed by atoms with Crippen molar-refractivity contribution in [3.8, 4) is 0 Å². The summed E-state index contributed by atoms with van der Waals surface area (Å²) in [6.07, 6.45) is 3.20. The molecule has 0 radical (unpaired) electrons. The highest BCUT2D eigenvalue weighted by molar-refractivity contribution is 5.91. The van der Waals surface area contributed by atoms with Gasteiger partial charge in [0.15, 0.2) is 0 Å². The zero-order chi connectivity index (χ0) is 8.97. The Balaban J connectivity index is 2.37. The van der Waals surface area contributed by atoms with Gasteiger partial charge in [-0.05, 0) is 14.1 Å². The highest BCUT2D eigenvalue weighted by Gasteiger charge is 2.02. The number of likely N-dealkylation sites (N-methyl/N-ethyl adjacent to an activating group) is 1. The number of aromatic amines is 1. The summed E-state index contributed by atoms with van der Waals surface area (Å²) in [5, 5.41) is 8.99. The van der Waals surface area contributed by atoms with Crippen molar-refractivity contribution < 1.29 is 4.79 Å². The molecule has 0 unspecified atom stereocenters. The highest BCUT2D eigenvalue weighted by Crippen LogP contribution is 1.99. The minimum Gasteiger partial charge on any atom is -0.322 e. The zero-order valence-corrected chi connectivity index (χ0v) is 7.16. The van der Waals surface area contributed by atoms with Crippen LogP contribution in [-0.4, -0.2) is 41.6 Å². The fourth-order valence-electron chi connectivity index (χ4n) is 0.807. The minimum atomic E-state index is -0.0404. The van der Waals surface area contributed by atoms with Crippen molar-refractivity contribution in [1.29, 1.82) is 0 Å². The molecular formula is C7H12N4O. The number of rotatable bonds is 3. The highest BCUT2D eigenvalue weighted by atomic mass is 16.2. The van der Waals surface area contributed by atoms with E-state index in [9.17, 15) is 4.79 Å². The summed E-state index contributed by atoms with van der Waals surface area (Å²) in [6, 6.07) is 0. The number of anilines is 1. The number of H-pyrrole nitrogens is 1. The number of aromatic nitrogens is 2. The van der Waals surface area contributed by atoms with Crippen LogP contribution in [0.15, 0.2) is 12.4 Å². The molecule has 1 amide bonds. The Bertz CT molecular complexity index is 242. The van der Waals surface area contributed by atoms with Gasteiger partial charge in [-0.3, -0.25) is 9.89 Å². The molecule has 66 valence electrons. The fraction of sp³-hybridized carbons (Fsp3) is 0.429. The van der Waals surface area contributed by atoms with Crippen LogP contribution in [0.3, 0.4) is 0 Å². The van der Waals surface area contributed by atoms with E-state index in [2.05, 4.69) is 15.5 Å². The van der Waals surface area contributed by atoms with Crippen LogP contribution in [0.25, 0.3) is 0 Å². The number of carbonyl (C=O) groups is 1. The van der Waals surface area contributed by atoms with Crippen molar-refractivity contribution in [3.05, 3.63) is 12.4 Å². The molecule has 1 rings (SSSR count). The second-order valence-electron chi connectivity index (χ2n) is 2.77. The molecule has 0 saturated carbocycles. The molecule has 12 heavy (non-hydrogen) atoms. The molecule has 1 aromatic heterocycles. The Morgan fingerprint density at radius 2 is 2.50 bits per heavy atom. The molecule has 0 atom stereocenters. The molecule has 5 heteroatoms. The van der Waals surface area contributed by atoms with Gasteiger partial charge in [-0.2, -0.15) is 5.10 Å². The van der Waals surface area contributed by atoms with Crippen molar-refractivity contribution in [1.82, 2.24) is 15.1 Å². The van der Waals surface area contributed by atoms with Crippen LogP contribution in [0.5, 0.6) is 0 Å². The molecule has 5 nitrogen and oxygen atoms in total. The second kappa shape index (κ2) is 3.87. The van der Waals surface area contributed by atoms with Crippen LogP contribution >= 0.6 is 0 Å². The first-order valence-corrected chi connectivity index (χ1v) is 3.62. The van der Waals surface area contributed by atoms with Crippen LogP contribution in [-0.2, 0) is 4.79 Å². The predicted molar refractivity (Wildman–Crippen MR) is 45.8 cm³/mol. The first kappa shape index (κ1) is 8.73. The van der Waals surface area contributed by atoms with E-state index in [1.807, 2.05) is 14.1 Å². The Morgan fingerprint density at radius 1 is 1.75 bits per heavy atom. The van der Waals surface area contributed by atoms with Gasteiger partial charge in [0.25, 0.3) is 0 Å². The molecule has 2 N–H and O–H groups in total. The summed E-state index contributed by atoms with van der Waals surface area (Å²) >= 11 is 0.